The fourth-order valence-electron chi connectivity index (χ4n) is 9.91. The standard InChI is InChI=1S/C18H54O26Si18/c1-45(2,20-61-39-55(13)27-49(7)21-47(5)22-50(8,29-55)31-57(15,41-61)32-51(9,23-47)30-56(14,28-49)40-61)19-46(3,4)62-42-58(16)33-52(10)24-48(6)25-53(11,35-58)37-60(18,44-62)38-54(12,26-48)36-59(17,34-52)43-62/h1-18H3. The summed E-state index contributed by atoms with van der Waals surface area (Å²) in [6, 6.07) is 0. The molecule has 0 amide bonds. The third-order valence-corrected chi connectivity index (χ3v) is 95.2. The Morgan fingerprint density at radius 2 is 0.403 bits per heavy atom. The van der Waals surface area contributed by atoms with Crippen LogP contribution in [0, 0.1) is 0 Å². The van der Waals surface area contributed by atoms with Gasteiger partial charge in [0.15, 0.2) is 0 Å². The largest absolute Gasteiger partial charge is 0.648 e. The lowest BCUT2D eigenvalue weighted by Crippen LogP contribution is -2.90. The molecule has 12 heterocycles. The molecule has 0 saturated carbocycles. The van der Waals surface area contributed by atoms with Crippen LogP contribution >= 0.6 is 0 Å². The fraction of sp³-hybridized carbons (Fsp3) is 1.00. The average Bonchev–Trinajstić information content (AvgIpc) is 2.84. The van der Waals surface area contributed by atoms with E-state index in [1.807, 2.05) is 13.1 Å². The summed E-state index contributed by atoms with van der Waals surface area (Å²) in [6.45, 7) is 31.1. The molecule has 16 bridgehead atoms. The van der Waals surface area contributed by atoms with E-state index in [0.717, 1.165) is 0 Å². The van der Waals surface area contributed by atoms with Crippen molar-refractivity contribution in [3.63, 3.8) is 0 Å². The van der Waals surface area contributed by atoms with Gasteiger partial charge in [0, 0.05) is 91.7 Å². The zero-order valence-electron chi connectivity index (χ0n) is 37.6. The van der Waals surface area contributed by atoms with Gasteiger partial charge >= 0.3 is 149 Å². The highest BCUT2D eigenvalue weighted by molar-refractivity contribution is 7.36. The van der Waals surface area contributed by atoms with E-state index in [0.29, 0.717) is 0 Å². The molecular formula is C18H54O26Si18. The Bertz CT molecular complexity index is 1730. The summed E-state index contributed by atoms with van der Waals surface area (Å²) < 4.78 is 179. The van der Waals surface area contributed by atoms with Gasteiger partial charge in [-0.25, -0.2) is 0 Å². The van der Waals surface area contributed by atoms with Gasteiger partial charge in [-0.2, -0.15) is 0 Å². The van der Waals surface area contributed by atoms with E-state index < -0.39 is 157 Å². The predicted molar refractivity (Wildman–Crippen MR) is 237 cm³/mol. The molecule has 0 aromatic heterocycles. The maximum Gasteiger partial charge on any atom is 0.648 e. The van der Waals surface area contributed by atoms with E-state index in [2.05, 4.69) is 0 Å². The van der Waals surface area contributed by atoms with Crippen molar-refractivity contribution in [1.82, 2.24) is 0 Å². The summed E-state index contributed by atoms with van der Waals surface area (Å²) in [5, 5.41) is 0. The molecule has 12 aliphatic heterocycles. The summed E-state index contributed by atoms with van der Waals surface area (Å²) in [5.74, 6) is 0. The fourth-order valence-corrected chi connectivity index (χ4v) is 124. The van der Waals surface area contributed by atoms with Gasteiger partial charge < -0.3 is 107 Å². The molecule has 0 radical (unpaired) electrons. The number of hydrogen-bond donors (Lipinski definition) is 0. The lowest BCUT2D eigenvalue weighted by Gasteiger charge is -2.62. The molecule has 12 rings (SSSR count). The molecule has 26 nitrogen and oxygen atoms in total. The van der Waals surface area contributed by atoms with Crippen LogP contribution in [-0.4, -0.2) is 157 Å². The Balaban J connectivity index is 1.06. The van der Waals surface area contributed by atoms with E-state index in [1.165, 1.54) is 0 Å². The van der Waals surface area contributed by atoms with Crippen molar-refractivity contribution >= 4 is 157 Å². The van der Waals surface area contributed by atoms with Gasteiger partial charge in [0.25, 0.3) is 7.83 Å². The van der Waals surface area contributed by atoms with Crippen molar-refractivity contribution in [3.05, 3.63) is 0 Å². The molecule has 0 aromatic rings. The van der Waals surface area contributed by atoms with Gasteiger partial charge in [0.2, 0.25) is 0 Å². The SMILES string of the molecule is C[Si](C)(O[Si]12O[Si]3(C)O[Si]4(C)O[Si]5(C)O[Si](C)(O3)O[Si](C)(O[Si](C)(O5)O[Si](C)(O4)O1)O2)O[Si](C)(C)[Si]12O[Si]3(C)O[Si]4(C)O[Si]5(C)O[Si](C)(O3)O[Si](C)(O[Si](C)(O5)O[Si](C)(O4)O1)O2. The zero-order valence-corrected chi connectivity index (χ0v) is 55.6. The van der Waals surface area contributed by atoms with Crippen LogP contribution in [0.15, 0.2) is 0 Å². The van der Waals surface area contributed by atoms with Crippen molar-refractivity contribution in [1.29, 1.82) is 0 Å². The van der Waals surface area contributed by atoms with Crippen LogP contribution in [0.4, 0.5) is 0 Å². The Morgan fingerprint density at radius 3 is 0.597 bits per heavy atom. The van der Waals surface area contributed by atoms with Gasteiger partial charge in [-0.15, -0.1) is 0 Å². The first kappa shape index (κ1) is 48.5. The quantitative estimate of drug-likeness (QED) is 0.357. The van der Waals surface area contributed by atoms with Crippen LogP contribution < -0.4 is 0 Å². The van der Waals surface area contributed by atoms with Gasteiger partial charge in [0.1, 0.15) is 0 Å². The van der Waals surface area contributed by atoms with Crippen LogP contribution in [-0.2, 0) is 107 Å². The van der Waals surface area contributed by atoms with E-state index in [-0.39, 0.29) is 0 Å². The lowest BCUT2D eigenvalue weighted by atomic mass is 11.9. The van der Waals surface area contributed by atoms with Crippen molar-refractivity contribution in [3.8, 4) is 0 Å². The molecule has 0 aromatic carbocycles. The van der Waals surface area contributed by atoms with Crippen LogP contribution in [0.3, 0.4) is 0 Å². The van der Waals surface area contributed by atoms with Crippen LogP contribution in [0.1, 0.15) is 0 Å². The van der Waals surface area contributed by atoms with Gasteiger partial charge in [-0.1, -0.05) is 0 Å². The van der Waals surface area contributed by atoms with Crippen LogP contribution in [0.25, 0.3) is 0 Å². The minimum absolute atomic E-state index is 1.66. The molecule has 0 spiro atoms. The molecule has 0 unspecified atom stereocenters. The molecule has 12 aliphatic rings. The van der Waals surface area contributed by atoms with Crippen molar-refractivity contribution in [2.75, 3.05) is 0 Å². The Hall–Kier alpha value is 2.86. The Labute approximate surface area is 379 Å². The Kier molecular flexibility index (Phi) is 10.5. The minimum Gasteiger partial charge on any atom is -0.433 e. The normalized spacial score (nSPS) is 61.6. The monoisotopic (exact) mass is 1190 g/mol. The molecule has 0 N–H and O–H groups in total. The van der Waals surface area contributed by atoms with E-state index >= 15 is 0 Å². The molecule has 354 valence electrons. The number of rotatable bonds is 5. The second-order valence-corrected chi connectivity index (χ2v) is 77.5. The van der Waals surface area contributed by atoms with E-state index in [4.69, 9.17) is 107 Å². The molecule has 0 aliphatic carbocycles. The summed E-state index contributed by atoms with van der Waals surface area (Å²) in [6.07, 6.45) is 0. The summed E-state index contributed by atoms with van der Waals surface area (Å²) >= 11 is 0. The minimum atomic E-state index is -4.72. The predicted octanol–water partition coefficient (Wildman–Crippen LogP) is 1.88. The lowest BCUT2D eigenvalue weighted by molar-refractivity contribution is -0.0408. The topological polar surface area (TPSA) is 240 Å². The third-order valence-electron chi connectivity index (χ3n) is 10.2. The molecule has 12 fully saturated rings. The highest BCUT2D eigenvalue weighted by Gasteiger charge is 2.84. The first-order valence-corrected chi connectivity index (χ1v) is 61.1. The average molecular weight is 1190 g/mol. The molecule has 44 heteroatoms. The zero-order chi connectivity index (χ0) is 45.4. The Morgan fingerprint density at radius 1 is 0.242 bits per heavy atom. The maximum atomic E-state index is 7.36. The second-order valence-electron chi connectivity index (χ2n) is 18.7. The summed E-state index contributed by atoms with van der Waals surface area (Å²) in [5.41, 5.74) is 0. The second kappa shape index (κ2) is 13.5. The smallest absolute Gasteiger partial charge is 0.433 e. The van der Waals surface area contributed by atoms with Crippen molar-refractivity contribution in [2.45, 2.75) is 118 Å². The van der Waals surface area contributed by atoms with Gasteiger partial charge in [-0.05, 0) is 26.2 Å². The van der Waals surface area contributed by atoms with Crippen molar-refractivity contribution < 1.29 is 107 Å². The summed E-state index contributed by atoms with van der Waals surface area (Å²) in [4.78, 5) is 0. The van der Waals surface area contributed by atoms with Crippen LogP contribution in [0.2, 0.25) is 118 Å². The molecular weight excluding hydrogens is 1140 g/mol. The highest BCUT2D eigenvalue weighted by atomic mass is 29.3. The first-order chi connectivity index (χ1) is 27.6. The van der Waals surface area contributed by atoms with E-state index in [1.54, 1.807) is 105 Å². The molecule has 62 heavy (non-hydrogen) atoms. The molecule has 0 atom stereocenters. The summed E-state index contributed by atoms with van der Waals surface area (Å²) in [7, 11) is -70.8. The third kappa shape index (κ3) is 8.54. The first-order valence-electron chi connectivity index (χ1n) is 19.9. The maximum absolute atomic E-state index is 7.36. The number of hydrogen-bond acceptors (Lipinski definition) is 26. The van der Waals surface area contributed by atoms with Crippen LogP contribution in [0.5, 0.6) is 0 Å². The van der Waals surface area contributed by atoms with Crippen molar-refractivity contribution in [2.24, 2.45) is 0 Å². The van der Waals surface area contributed by atoms with Gasteiger partial charge in [0.05, 0.1) is 0 Å². The highest BCUT2D eigenvalue weighted by Crippen LogP contribution is 2.52. The van der Waals surface area contributed by atoms with Gasteiger partial charge in [-0.3, -0.25) is 0 Å². The molecule has 12 saturated heterocycles. The van der Waals surface area contributed by atoms with E-state index in [9.17, 15) is 0 Å².